The Kier molecular flexibility index (Phi) is 5.69. The van der Waals surface area contributed by atoms with Gasteiger partial charge in [0.1, 0.15) is 17.2 Å². The first-order chi connectivity index (χ1) is 16.1. The van der Waals surface area contributed by atoms with Gasteiger partial charge in [-0.1, -0.05) is 30.3 Å². The molecule has 0 radical (unpaired) electrons. The van der Waals surface area contributed by atoms with Gasteiger partial charge in [-0.25, -0.2) is 13.8 Å². The van der Waals surface area contributed by atoms with Crippen LogP contribution in [0.4, 0.5) is 14.6 Å². The molecule has 0 unspecified atom stereocenters. The van der Waals surface area contributed by atoms with Crippen LogP contribution in [0, 0.1) is 11.6 Å². The Morgan fingerprint density at radius 2 is 1.52 bits per heavy atom. The third-order valence-corrected chi connectivity index (χ3v) is 5.98. The Hall–Kier alpha value is -3.87. The van der Waals surface area contributed by atoms with Crippen LogP contribution in [0.15, 0.2) is 73.1 Å². The number of hydrogen-bond acceptors (Lipinski definition) is 4. The molecule has 5 nitrogen and oxygen atoms in total. The van der Waals surface area contributed by atoms with Gasteiger partial charge in [0, 0.05) is 49.5 Å². The van der Waals surface area contributed by atoms with E-state index in [1.54, 1.807) is 36.7 Å². The van der Waals surface area contributed by atoms with Crippen molar-refractivity contribution in [2.24, 2.45) is 0 Å². The summed E-state index contributed by atoms with van der Waals surface area (Å²) < 4.78 is 26.5. The summed E-state index contributed by atoms with van der Waals surface area (Å²) in [4.78, 5) is 26.0. The molecular weight excluding hydrogens is 422 g/mol. The number of hydrogen-bond donors (Lipinski definition) is 0. The average Bonchev–Trinajstić information content (AvgIpc) is 2.85. The molecule has 1 saturated heterocycles. The number of carbonyl (C=O) groups is 1. The van der Waals surface area contributed by atoms with Crippen LogP contribution in [-0.2, 0) is 11.2 Å². The highest BCUT2D eigenvalue weighted by Gasteiger charge is 2.24. The number of nitrogens with zero attached hydrogens (tertiary/aromatic N) is 4. The predicted octanol–water partition coefficient (Wildman–Crippen LogP) is 4.47. The zero-order chi connectivity index (χ0) is 22.8. The first kappa shape index (κ1) is 21.0. The molecule has 1 aliphatic heterocycles. The fourth-order valence-electron chi connectivity index (χ4n) is 4.20. The molecule has 0 bridgehead atoms. The van der Waals surface area contributed by atoms with Gasteiger partial charge >= 0.3 is 0 Å². The van der Waals surface area contributed by atoms with Crippen LogP contribution in [0.1, 0.15) is 5.56 Å². The van der Waals surface area contributed by atoms with E-state index in [0.29, 0.717) is 26.2 Å². The highest BCUT2D eigenvalue weighted by Crippen LogP contribution is 2.32. The number of rotatable bonds is 4. The smallest absolute Gasteiger partial charge is 0.227 e. The van der Waals surface area contributed by atoms with Crippen molar-refractivity contribution in [3.63, 3.8) is 0 Å². The maximum absolute atomic E-state index is 13.4. The van der Waals surface area contributed by atoms with Gasteiger partial charge < -0.3 is 9.80 Å². The summed E-state index contributed by atoms with van der Waals surface area (Å²) >= 11 is 0. The van der Waals surface area contributed by atoms with Gasteiger partial charge in [0.2, 0.25) is 5.91 Å². The number of halogens is 2. The second-order valence-electron chi connectivity index (χ2n) is 8.07. The lowest BCUT2D eigenvalue weighted by atomic mass is 10.0. The maximum atomic E-state index is 13.4. The molecule has 4 aromatic rings. The molecule has 1 amide bonds. The monoisotopic (exact) mass is 444 g/mol. The highest BCUT2D eigenvalue weighted by molar-refractivity contribution is 5.99. The highest BCUT2D eigenvalue weighted by atomic mass is 19.1. The number of carbonyl (C=O) groups excluding carboxylic acids is 1. The average molecular weight is 444 g/mol. The van der Waals surface area contributed by atoms with Gasteiger partial charge in [0.15, 0.2) is 5.82 Å². The van der Waals surface area contributed by atoms with E-state index in [9.17, 15) is 13.6 Å². The molecule has 33 heavy (non-hydrogen) atoms. The van der Waals surface area contributed by atoms with Crippen molar-refractivity contribution in [3.8, 4) is 11.1 Å². The third-order valence-electron chi connectivity index (χ3n) is 5.98. The molecule has 5 rings (SSSR count). The van der Waals surface area contributed by atoms with Gasteiger partial charge in [0.05, 0.1) is 6.42 Å². The molecule has 1 aliphatic rings. The molecule has 1 fully saturated rings. The fraction of sp³-hybridized carbons (Fsp3) is 0.192. The van der Waals surface area contributed by atoms with E-state index < -0.39 is 0 Å². The number of aromatic nitrogens is 2. The number of anilines is 1. The van der Waals surface area contributed by atoms with E-state index in [1.807, 2.05) is 17.0 Å². The Balaban J connectivity index is 1.33. The van der Waals surface area contributed by atoms with Crippen molar-refractivity contribution < 1.29 is 13.6 Å². The van der Waals surface area contributed by atoms with E-state index in [1.165, 1.54) is 24.3 Å². The summed E-state index contributed by atoms with van der Waals surface area (Å²) in [5.41, 5.74) is 3.36. The van der Waals surface area contributed by atoms with Crippen molar-refractivity contribution in [2.45, 2.75) is 6.42 Å². The minimum atomic E-state index is -0.307. The van der Waals surface area contributed by atoms with Crippen molar-refractivity contribution in [2.75, 3.05) is 31.1 Å². The number of fused-ring (bicyclic) bond motifs is 1. The van der Waals surface area contributed by atoms with E-state index in [0.717, 1.165) is 33.4 Å². The zero-order valence-electron chi connectivity index (χ0n) is 17.9. The molecule has 166 valence electrons. The summed E-state index contributed by atoms with van der Waals surface area (Å²) in [7, 11) is 0. The lowest BCUT2D eigenvalue weighted by Crippen LogP contribution is -2.49. The first-order valence-electron chi connectivity index (χ1n) is 10.9. The molecular formula is C26H22F2N4O. The normalized spacial score (nSPS) is 14.0. The summed E-state index contributed by atoms with van der Waals surface area (Å²) in [6, 6.07) is 16.3. The van der Waals surface area contributed by atoms with Crippen LogP contribution in [-0.4, -0.2) is 47.0 Å². The minimum Gasteiger partial charge on any atom is -0.351 e. The Bertz CT molecular complexity index is 1280. The van der Waals surface area contributed by atoms with Gasteiger partial charge in [-0.3, -0.25) is 9.78 Å². The van der Waals surface area contributed by atoms with Crippen LogP contribution in [0.25, 0.3) is 22.0 Å². The molecule has 7 heteroatoms. The summed E-state index contributed by atoms with van der Waals surface area (Å²) in [6.07, 6.45) is 3.80. The summed E-state index contributed by atoms with van der Waals surface area (Å²) in [5, 5.41) is 0.948. The standard InChI is InChI=1S/C26H22F2N4O/c27-20-7-3-18(4-8-20)16-24(33)31-12-14-32(15-13-31)26-25-22(2-1-11-29-25)23(17-30-26)19-5-9-21(28)10-6-19/h1-11,17H,12-16H2. The van der Waals surface area contributed by atoms with E-state index in [4.69, 9.17) is 4.98 Å². The lowest BCUT2D eigenvalue weighted by Gasteiger charge is -2.35. The second kappa shape index (κ2) is 8.94. The van der Waals surface area contributed by atoms with E-state index in [2.05, 4.69) is 9.88 Å². The van der Waals surface area contributed by atoms with Crippen molar-refractivity contribution in [1.82, 2.24) is 14.9 Å². The molecule has 0 spiro atoms. The van der Waals surface area contributed by atoms with Gasteiger partial charge in [0.25, 0.3) is 0 Å². The lowest BCUT2D eigenvalue weighted by molar-refractivity contribution is -0.130. The van der Waals surface area contributed by atoms with Crippen LogP contribution >= 0.6 is 0 Å². The van der Waals surface area contributed by atoms with Crippen molar-refractivity contribution >= 4 is 22.6 Å². The fourth-order valence-corrected chi connectivity index (χ4v) is 4.20. The molecule has 2 aromatic heterocycles. The van der Waals surface area contributed by atoms with Gasteiger partial charge in [-0.2, -0.15) is 0 Å². The molecule has 2 aromatic carbocycles. The summed E-state index contributed by atoms with van der Waals surface area (Å²) in [6.45, 7) is 2.44. The van der Waals surface area contributed by atoms with Gasteiger partial charge in [-0.05, 0) is 41.5 Å². The minimum absolute atomic E-state index is 0.0314. The third kappa shape index (κ3) is 4.39. The Labute approximate surface area is 190 Å². The molecule has 0 saturated carbocycles. The Morgan fingerprint density at radius 3 is 2.21 bits per heavy atom. The largest absolute Gasteiger partial charge is 0.351 e. The SMILES string of the molecule is O=C(Cc1ccc(F)cc1)N1CCN(c2ncc(-c3ccc(F)cc3)c3cccnc23)CC1. The Morgan fingerprint density at radius 1 is 0.848 bits per heavy atom. The number of pyridine rings is 2. The van der Waals surface area contributed by atoms with Crippen LogP contribution < -0.4 is 4.90 Å². The van der Waals surface area contributed by atoms with E-state index in [-0.39, 0.29) is 24.0 Å². The predicted molar refractivity (Wildman–Crippen MR) is 124 cm³/mol. The van der Waals surface area contributed by atoms with Crippen LogP contribution in [0.5, 0.6) is 0 Å². The first-order valence-corrected chi connectivity index (χ1v) is 10.9. The molecule has 3 heterocycles. The topological polar surface area (TPSA) is 49.3 Å². The number of amides is 1. The van der Waals surface area contributed by atoms with E-state index >= 15 is 0 Å². The molecule has 0 aliphatic carbocycles. The molecule has 0 atom stereocenters. The van der Waals surface area contributed by atoms with Crippen LogP contribution in [0.3, 0.4) is 0 Å². The second-order valence-corrected chi connectivity index (χ2v) is 8.07. The van der Waals surface area contributed by atoms with Crippen molar-refractivity contribution in [3.05, 3.63) is 90.3 Å². The quantitative estimate of drug-likeness (QED) is 0.466. The molecule has 0 N–H and O–H groups in total. The van der Waals surface area contributed by atoms with Crippen LogP contribution in [0.2, 0.25) is 0 Å². The van der Waals surface area contributed by atoms with Crippen molar-refractivity contribution in [1.29, 1.82) is 0 Å². The summed E-state index contributed by atoms with van der Waals surface area (Å²) in [5.74, 6) is 0.224. The number of piperazine rings is 1. The zero-order valence-corrected chi connectivity index (χ0v) is 17.9. The van der Waals surface area contributed by atoms with Gasteiger partial charge in [-0.15, -0.1) is 0 Å². The maximum Gasteiger partial charge on any atom is 0.227 e. The number of benzene rings is 2.